The molecule has 1 aliphatic heterocycles. The van der Waals surface area contributed by atoms with Crippen LogP contribution < -0.4 is 0 Å². The van der Waals surface area contributed by atoms with Crippen molar-refractivity contribution in [2.45, 2.75) is 18.9 Å². The number of carbonyl (C=O) groups is 1. The van der Waals surface area contributed by atoms with Gasteiger partial charge in [-0.1, -0.05) is 23.4 Å². The molecular formula is C14H15FN4O. The molecule has 2 heterocycles. The second-order valence-electron chi connectivity index (χ2n) is 4.93. The zero-order valence-corrected chi connectivity index (χ0v) is 10.9. The van der Waals surface area contributed by atoms with Crippen molar-refractivity contribution in [2.24, 2.45) is 0 Å². The van der Waals surface area contributed by atoms with E-state index in [2.05, 4.69) is 10.3 Å². The molecule has 6 heteroatoms. The average Bonchev–Trinajstić information content (AvgIpc) is 2.90. The van der Waals surface area contributed by atoms with E-state index in [0.29, 0.717) is 31.5 Å². The van der Waals surface area contributed by atoms with Crippen LogP contribution in [-0.2, 0) is 11.2 Å². The topological polar surface area (TPSA) is 51.0 Å². The van der Waals surface area contributed by atoms with Gasteiger partial charge < -0.3 is 4.90 Å². The first-order valence-corrected chi connectivity index (χ1v) is 6.61. The lowest BCUT2D eigenvalue weighted by molar-refractivity contribution is -0.137. The molecule has 1 amide bonds. The van der Waals surface area contributed by atoms with Crippen LogP contribution in [0.5, 0.6) is 0 Å². The summed E-state index contributed by atoms with van der Waals surface area (Å²) in [5, 5.41) is 7.66. The number of benzene rings is 1. The van der Waals surface area contributed by atoms with Crippen molar-refractivity contribution < 1.29 is 9.18 Å². The van der Waals surface area contributed by atoms with E-state index in [1.54, 1.807) is 40.2 Å². The van der Waals surface area contributed by atoms with E-state index in [1.165, 1.54) is 6.07 Å². The molecule has 0 spiro atoms. The molecule has 0 N–H and O–H groups in total. The van der Waals surface area contributed by atoms with Gasteiger partial charge in [-0.05, 0) is 18.1 Å². The largest absolute Gasteiger partial charge is 0.338 e. The Balaban J connectivity index is 1.48. The molecule has 1 aromatic heterocycles. The molecule has 1 fully saturated rings. The first kappa shape index (κ1) is 12.8. The Morgan fingerprint density at radius 2 is 2.15 bits per heavy atom. The Morgan fingerprint density at radius 3 is 2.85 bits per heavy atom. The molecule has 1 saturated heterocycles. The monoisotopic (exact) mass is 274 g/mol. The van der Waals surface area contributed by atoms with Crippen LogP contribution >= 0.6 is 0 Å². The van der Waals surface area contributed by atoms with Gasteiger partial charge in [0.15, 0.2) is 0 Å². The number of likely N-dealkylation sites (tertiary alicyclic amines) is 1. The Bertz CT molecular complexity index is 593. The van der Waals surface area contributed by atoms with Crippen molar-refractivity contribution in [3.8, 4) is 0 Å². The molecule has 5 nitrogen and oxygen atoms in total. The minimum absolute atomic E-state index is 0.0598. The van der Waals surface area contributed by atoms with Crippen LogP contribution in [0.4, 0.5) is 4.39 Å². The first-order valence-electron chi connectivity index (χ1n) is 6.61. The molecule has 0 aliphatic carbocycles. The summed E-state index contributed by atoms with van der Waals surface area (Å²) in [5.74, 6) is -0.186. The van der Waals surface area contributed by atoms with Gasteiger partial charge in [-0.2, -0.15) is 0 Å². The smallest absolute Gasteiger partial charge is 0.223 e. The van der Waals surface area contributed by atoms with E-state index in [0.717, 1.165) is 0 Å². The quantitative estimate of drug-likeness (QED) is 0.847. The van der Waals surface area contributed by atoms with Crippen molar-refractivity contribution in [2.75, 3.05) is 13.1 Å². The third-order valence-electron chi connectivity index (χ3n) is 3.60. The summed E-state index contributed by atoms with van der Waals surface area (Å²) in [4.78, 5) is 13.8. The maximum Gasteiger partial charge on any atom is 0.223 e. The summed E-state index contributed by atoms with van der Waals surface area (Å²) < 4.78 is 15.2. The normalized spacial score (nSPS) is 15.2. The van der Waals surface area contributed by atoms with Crippen LogP contribution in [-0.4, -0.2) is 38.9 Å². The fourth-order valence-electron chi connectivity index (χ4n) is 2.34. The van der Waals surface area contributed by atoms with E-state index in [4.69, 9.17) is 0 Å². The van der Waals surface area contributed by atoms with Crippen molar-refractivity contribution in [1.82, 2.24) is 19.9 Å². The van der Waals surface area contributed by atoms with Gasteiger partial charge in [0.05, 0.1) is 12.2 Å². The first-order chi connectivity index (χ1) is 9.74. The van der Waals surface area contributed by atoms with E-state index in [-0.39, 0.29) is 17.8 Å². The zero-order valence-electron chi connectivity index (χ0n) is 10.9. The standard InChI is InChI=1S/C14H15FN4O/c15-13-4-2-1-3-11(13)5-6-14(20)18-9-12(10-18)19-8-7-16-17-19/h1-4,7-8,12H,5-6,9-10H2. The zero-order chi connectivity index (χ0) is 13.9. The number of hydrogen-bond acceptors (Lipinski definition) is 3. The summed E-state index contributed by atoms with van der Waals surface area (Å²) in [7, 11) is 0. The SMILES string of the molecule is O=C(CCc1ccccc1F)N1CC(n2ccnn2)C1. The van der Waals surface area contributed by atoms with Gasteiger partial charge in [0.2, 0.25) is 5.91 Å². The van der Waals surface area contributed by atoms with E-state index in [9.17, 15) is 9.18 Å². The van der Waals surface area contributed by atoms with Crippen LogP contribution in [0.25, 0.3) is 0 Å². The number of amides is 1. The molecule has 0 saturated carbocycles. The van der Waals surface area contributed by atoms with Gasteiger partial charge in [0, 0.05) is 25.7 Å². The minimum atomic E-state index is -0.246. The van der Waals surface area contributed by atoms with E-state index >= 15 is 0 Å². The van der Waals surface area contributed by atoms with Crippen molar-refractivity contribution in [3.63, 3.8) is 0 Å². The van der Waals surface area contributed by atoms with Crippen molar-refractivity contribution in [1.29, 1.82) is 0 Å². The summed E-state index contributed by atoms with van der Waals surface area (Å²) in [6, 6.07) is 6.79. The highest BCUT2D eigenvalue weighted by Gasteiger charge is 2.31. The van der Waals surface area contributed by atoms with Gasteiger partial charge in [-0.3, -0.25) is 4.79 Å². The maximum absolute atomic E-state index is 13.4. The molecule has 0 atom stereocenters. The van der Waals surface area contributed by atoms with Gasteiger partial charge in [0.25, 0.3) is 0 Å². The number of rotatable bonds is 4. The Labute approximate surface area is 116 Å². The highest BCUT2D eigenvalue weighted by molar-refractivity contribution is 5.77. The van der Waals surface area contributed by atoms with Crippen LogP contribution in [0.3, 0.4) is 0 Å². The molecular weight excluding hydrogens is 259 g/mol. The summed E-state index contributed by atoms with van der Waals surface area (Å²) in [6.07, 6.45) is 4.20. The summed E-state index contributed by atoms with van der Waals surface area (Å²) >= 11 is 0. The van der Waals surface area contributed by atoms with Gasteiger partial charge in [-0.15, -0.1) is 5.10 Å². The van der Waals surface area contributed by atoms with Crippen LogP contribution in [0.2, 0.25) is 0 Å². The lowest BCUT2D eigenvalue weighted by Crippen LogP contribution is -2.50. The van der Waals surface area contributed by atoms with Crippen LogP contribution in [0, 0.1) is 5.82 Å². The van der Waals surface area contributed by atoms with Crippen LogP contribution in [0.15, 0.2) is 36.7 Å². The molecule has 20 heavy (non-hydrogen) atoms. The molecule has 0 radical (unpaired) electrons. The summed E-state index contributed by atoms with van der Waals surface area (Å²) in [5.41, 5.74) is 0.592. The Kier molecular flexibility index (Phi) is 3.45. The number of halogens is 1. The molecule has 0 unspecified atom stereocenters. The Hall–Kier alpha value is -2.24. The van der Waals surface area contributed by atoms with Crippen LogP contribution in [0.1, 0.15) is 18.0 Å². The number of aryl methyl sites for hydroxylation is 1. The number of carbonyl (C=O) groups excluding carboxylic acids is 1. The number of hydrogen-bond donors (Lipinski definition) is 0. The molecule has 0 bridgehead atoms. The molecule has 1 aliphatic rings. The second kappa shape index (κ2) is 5.40. The minimum Gasteiger partial charge on any atom is -0.338 e. The fraction of sp³-hybridized carbons (Fsp3) is 0.357. The highest BCUT2D eigenvalue weighted by Crippen LogP contribution is 2.21. The lowest BCUT2D eigenvalue weighted by atomic mass is 10.1. The highest BCUT2D eigenvalue weighted by atomic mass is 19.1. The van der Waals surface area contributed by atoms with Gasteiger partial charge in [0.1, 0.15) is 5.82 Å². The predicted molar refractivity (Wildman–Crippen MR) is 70.4 cm³/mol. The number of aromatic nitrogens is 3. The molecule has 2 aromatic rings. The van der Waals surface area contributed by atoms with Gasteiger partial charge >= 0.3 is 0 Å². The second-order valence-corrected chi connectivity index (χ2v) is 4.93. The van der Waals surface area contributed by atoms with Crippen molar-refractivity contribution in [3.05, 3.63) is 48.0 Å². The molecule has 3 rings (SSSR count). The Morgan fingerprint density at radius 1 is 1.35 bits per heavy atom. The van der Waals surface area contributed by atoms with Gasteiger partial charge in [-0.25, -0.2) is 9.07 Å². The summed E-state index contributed by atoms with van der Waals surface area (Å²) in [6.45, 7) is 1.30. The predicted octanol–water partition coefficient (Wildman–Crippen LogP) is 1.43. The van der Waals surface area contributed by atoms with E-state index in [1.807, 2.05) is 0 Å². The average molecular weight is 274 g/mol. The molecule has 1 aromatic carbocycles. The maximum atomic E-state index is 13.4. The molecule has 104 valence electrons. The van der Waals surface area contributed by atoms with Crippen molar-refractivity contribution >= 4 is 5.91 Å². The third kappa shape index (κ3) is 2.54. The third-order valence-corrected chi connectivity index (χ3v) is 3.60. The lowest BCUT2D eigenvalue weighted by Gasteiger charge is -2.38. The van der Waals surface area contributed by atoms with E-state index < -0.39 is 0 Å². The fourth-order valence-corrected chi connectivity index (χ4v) is 2.34. The number of nitrogens with zero attached hydrogens (tertiary/aromatic N) is 4.